The first kappa shape index (κ1) is 18.8. The van der Waals surface area contributed by atoms with Crippen LogP contribution in [0.5, 0.6) is 0 Å². The Morgan fingerprint density at radius 2 is 1.92 bits per heavy atom. The quantitative estimate of drug-likeness (QED) is 0.753. The van der Waals surface area contributed by atoms with Crippen molar-refractivity contribution in [3.8, 4) is 0 Å². The maximum Gasteiger partial charge on any atom is 0.223 e. The van der Waals surface area contributed by atoms with Crippen molar-refractivity contribution in [1.82, 2.24) is 9.80 Å². The highest BCUT2D eigenvalue weighted by molar-refractivity contribution is 6.42. The normalized spacial score (nSPS) is 22.0. The Labute approximate surface area is 159 Å². The standard InChI is InChI=1S/C18H25Cl2N3O2/c1-25-9-8-23-13-14(10-18(23)24)12-21-4-6-22(7-5-21)15-2-3-16(19)17(20)11-15/h2-3,11,14H,4-10,12-13H2,1H3. The van der Waals surface area contributed by atoms with Crippen LogP contribution in [0.4, 0.5) is 5.69 Å². The van der Waals surface area contributed by atoms with Crippen molar-refractivity contribution in [3.05, 3.63) is 28.2 Å². The number of methoxy groups -OCH3 is 1. The van der Waals surface area contributed by atoms with Crippen LogP contribution in [0.2, 0.25) is 10.0 Å². The Hall–Kier alpha value is -1.01. The lowest BCUT2D eigenvalue weighted by molar-refractivity contribution is -0.128. The number of piperazine rings is 1. The second-order valence-corrected chi connectivity index (χ2v) is 7.60. The zero-order valence-electron chi connectivity index (χ0n) is 14.6. The molecule has 5 nitrogen and oxygen atoms in total. The molecule has 2 aliphatic heterocycles. The van der Waals surface area contributed by atoms with Gasteiger partial charge in [0.15, 0.2) is 0 Å². The summed E-state index contributed by atoms with van der Waals surface area (Å²) in [6.07, 6.45) is 0.663. The Morgan fingerprint density at radius 3 is 2.60 bits per heavy atom. The predicted octanol–water partition coefficient (Wildman–Crippen LogP) is 2.61. The fourth-order valence-corrected chi connectivity index (χ4v) is 3.92. The summed E-state index contributed by atoms with van der Waals surface area (Å²) in [4.78, 5) is 18.8. The number of carbonyl (C=O) groups excluding carboxylic acids is 1. The SMILES string of the molecule is COCCN1CC(CN2CCN(c3ccc(Cl)c(Cl)c3)CC2)CC1=O. The van der Waals surface area contributed by atoms with E-state index in [1.165, 1.54) is 0 Å². The van der Waals surface area contributed by atoms with Crippen LogP contribution in [0, 0.1) is 5.92 Å². The molecular weight excluding hydrogens is 361 g/mol. The molecule has 2 heterocycles. The smallest absolute Gasteiger partial charge is 0.223 e. The monoisotopic (exact) mass is 385 g/mol. The van der Waals surface area contributed by atoms with Gasteiger partial charge in [-0.2, -0.15) is 0 Å². The second-order valence-electron chi connectivity index (χ2n) is 6.79. The van der Waals surface area contributed by atoms with Crippen molar-refractivity contribution >= 4 is 34.8 Å². The summed E-state index contributed by atoms with van der Waals surface area (Å²) >= 11 is 12.1. The van der Waals surface area contributed by atoms with Gasteiger partial charge < -0.3 is 14.5 Å². The molecule has 0 aromatic heterocycles. The van der Waals surface area contributed by atoms with Gasteiger partial charge in [-0.3, -0.25) is 9.69 Å². The van der Waals surface area contributed by atoms with Gasteiger partial charge >= 0.3 is 0 Å². The average molecular weight is 386 g/mol. The van der Waals surface area contributed by atoms with Crippen molar-refractivity contribution in [3.63, 3.8) is 0 Å². The van der Waals surface area contributed by atoms with Crippen LogP contribution in [0.1, 0.15) is 6.42 Å². The van der Waals surface area contributed by atoms with E-state index in [-0.39, 0.29) is 5.91 Å². The lowest BCUT2D eigenvalue weighted by Crippen LogP contribution is -2.48. The van der Waals surface area contributed by atoms with Crippen LogP contribution < -0.4 is 4.90 Å². The molecular formula is C18H25Cl2N3O2. The van der Waals surface area contributed by atoms with Crippen molar-refractivity contribution in [2.75, 3.05) is 64.4 Å². The molecule has 2 aliphatic rings. The van der Waals surface area contributed by atoms with E-state index in [9.17, 15) is 4.79 Å². The van der Waals surface area contributed by atoms with Gasteiger partial charge in [0.05, 0.1) is 16.7 Å². The van der Waals surface area contributed by atoms with Crippen molar-refractivity contribution in [2.45, 2.75) is 6.42 Å². The Morgan fingerprint density at radius 1 is 1.16 bits per heavy atom. The van der Waals surface area contributed by atoms with E-state index in [0.29, 0.717) is 35.5 Å². The molecule has 2 fully saturated rings. The number of hydrogen-bond donors (Lipinski definition) is 0. The fourth-order valence-electron chi connectivity index (χ4n) is 3.63. The molecule has 3 rings (SSSR count). The van der Waals surface area contributed by atoms with E-state index in [4.69, 9.17) is 27.9 Å². The number of hydrogen-bond acceptors (Lipinski definition) is 4. The topological polar surface area (TPSA) is 36.0 Å². The molecule has 1 unspecified atom stereocenters. The van der Waals surface area contributed by atoms with Crippen molar-refractivity contribution in [1.29, 1.82) is 0 Å². The molecule has 1 amide bonds. The van der Waals surface area contributed by atoms with Gasteiger partial charge in [-0.05, 0) is 24.1 Å². The van der Waals surface area contributed by atoms with Crippen LogP contribution in [0.25, 0.3) is 0 Å². The van der Waals surface area contributed by atoms with Gasteiger partial charge in [0.2, 0.25) is 5.91 Å². The molecule has 0 N–H and O–H groups in total. The summed E-state index contributed by atoms with van der Waals surface area (Å²) < 4.78 is 5.08. The number of ether oxygens (including phenoxy) is 1. The van der Waals surface area contributed by atoms with Gasteiger partial charge in [0.25, 0.3) is 0 Å². The Kier molecular flexibility index (Phi) is 6.44. The highest BCUT2D eigenvalue weighted by atomic mass is 35.5. The lowest BCUT2D eigenvalue weighted by atomic mass is 10.1. The van der Waals surface area contributed by atoms with E-state index in [1.807, 2.05) is 23.1 Å². The zero-order chi connectivity index (χ0) is 17.8. The minimum atomic E-state index is 0.261. The lowest BCUT2D eigenvalue weighted by Gasteiger charge is -2.37. The molecule has 0 spiro atoms. The largest absolute Gasteiger partial charge is 0.383 e. The molecule has 0 bridgehead atoms. The maximum atomic E-state index is 12.0. The van der Waals surface area contributed by atoms with E-state index >= 15 is 0 Å². The van der Waals surface area contributed by atoms with Gasteiger partial charge in [0.1, 0.15) is 0 Å². The minimum Gasteiger partial charge on any atom is -0.383 e. The third-order valence-corrected chi connectivity index (χ3v) is 5.76. The number of carbonyl (C=O) groups is 1. The molecule has 1 atom stereocenters. The van der Waals surface area contributed by atoms with E-state index < -0.39 is 0 Å². The molecule has 2 saturated heterocycles. The minimum absolute atomic E-state index is 0.261. The molecule has 0 aliphatic carbocycles. The first-order valence-corrected chi connectivity index (χ1v) is 9.51. The van der Waals surface area contributed by atoms with Gasteiger partial charge in [0, 0.05) is 65.0 Å². The van der Waals surface area contributed by atoms with Crippen LogP contribution >= 0.6 is 23.2 Å². The number of anilines is 1. The van der Waals surface area contributed by atoms with Crippen molar-refractivity contribution in [2.24, 2.45) is 5.92 Å². The number of halogens is 2. The highest BCUT2D eigenvalue weighted by Gasteiger charge is 2.31. The van der Waals surface area contributed by atoms with E-state index in [2.05, 4.69) is 9.80 Å². The molecule has 1 aromatic carbocycles. The number of likely N-dealkylation sites (tertiary alicyclic amines) is 1. The third-order valence-electron chi connectivity index (χ3n) is 5.02. The summed E-state index contributed by atoms with van der Waals surface area (Å²) in [7, 11) is 1.67. The Bertz CT molecular complexity index is 606. The van der Waals surface area contributed by atoms with E-state index in [1.54, 1.807) is 7.11 Å². The van der Waals surface area contributed by atoms with Crippen molar-refractivity contribution < 1.29 is 9.53 Å². The summed E-state index contributed by atoms with van der Waals surface area (Å²) in [5.41, 5.74) is 1.12. The fraction of sp³-hybridized carbons (Fsp3) is 0.611. The second kappa shape index (κ2) is 8.58. The zero-order valence-corrected chi connectivity index (χ0v) is 16.1. The predicted molar refractivity (Wildman–Crippen MR) is 102 cm³/mol. The van der Waals surface area contributed by atoms with Gasteiger partial charge in [-0.15, -0.1) is 0 Å². The van der Waals surface area contributed by atoms with Crippen LogP contribution in [-0.4, -0.2) is 75.2 Å². The summed E-state index contributed by atoms with van der Waals surface area (Å²) in [5.74, 6) is 0.692. The molecule has 0 saturated carbocycles. The molecule has 1 aromatic rings. The molecule has 25 heavy (non-hydrogen) atoms. The first-order chi connectivity index (χ1) is 12.1. The maximum absolute atomic E-state index is 12.0. The molecule has 0 radical (unpaired) electrons. The van der Waals surface area contributed by atoms with Gasteiger partial charge in [-0.1, -0.05) is 23.2 Å². The highest BCUT2D eigenvalue weighted by Crippen LogP contribution is 2.28. The summed E-state index contributed by atoms with van der Waals surface area (Å²) in [5, 5.41) is 1.19. The summed E-state index contributed by atoms with van der Waals surface area (Å²) in [6.45, 7) is 7.10. The van der Waals surface area contributed by atoms with Crippen LogP contribution in [0.15, 0.2) is 18.2 Å². The van der Waals surface area contributed by atoms with Crippen LogP contribution in [0.3, 0.4) is 0 Å². The first-order valence-electron chi connectivity index (χ1n) is 8.76. The number of nitrogens with zero attached hydrogens (tertiary/aromatic N) is 3. The van der Waals surface area contributed by atoms with E-state index in [0.717, 1.165) is 45.0 Å². The average Bonchev–Trinajstić information content (AvgIpc) is 2.95. The number of amides is 1. The number of benzene rings is 1. The molecule has 7 heteroatoms. The third kappa shape index (κ3) is 4.79. The van der Waals surface area contributed by atoms with Crippen LogP contribution in [-0.2, 0) is 9.53 Å². The Balaban J connectivity index is 1.46. The number of rotatable bonds is 6. The molecule has 138 valence electrons. The summed E-state index contributed by atoms with van der Waals surface area (Å²) in [6, 6.07) is 5.81. The van der Waals surface area contributed by atoms with Gasteiger partial charge in [-0.25, -0.2) is 0 Å².